The van der Waals surface area contributed by atoms with Crippen LogP contribution in [-0.4, -0.2) is 28.8 Å². The Morgan fingerprint density at radius 2 is 2.19 bits per heavy atom. The minimum absolute atomic E-state index is 0.0416. The Kier molecular flexibility index (Phi) is 4.88. The molecule has 21 heavy (non-hydrogen) atoms. The van der Waals surface area contributed by atoms with Crippen molar-refractivity contribution >= 4 is 5.97 Å². The largest absolute Gasteiger partial charge is 0.490 e. The second kappa shape index (κ2) is 6.48. The third kappa shape index (κ3) is 3.56. The van der Waals surface area contributed by atoms with E-state index in [1.165, 1.54) is 5.56 Å². The SMILES string of the molecule is CCc1ccccc1OC1CCC(NC(C)C)(C(=O)O)C1. The fourth-order valence-corrected chi connectivity index (χ4v) is 3.13. The number of hydrogen-bond acceptors (Lipinski definition) is 3. The molecular weight excluding hydrogens is 266 g/mol. The van der Waals surface area contributed by atoms with Crippen LogP contribution >= 0.6 is 0 Å². The molecule has 0 heterocycles. The van der Waals surface area contributed by atoms with Gasteiger partial charge in [0.1, 0.15) is 17.4 Å². The summed E-state index contributed by atoms with van der Waals surface area (Å²) in [5.74, 6) is 0.113. The first-order chi connectivity index (χ1) is 9.97. The highest BCUT2D eigenvalue weighted by Crippen LogP contribution is 2.34. The zero-order chi connectivity index (χ0) is 15.5. The molecule has 4 heteroatoms. The molecule has 1 aliphatic rings. The first-order valence-electron chi connectivity index (χ1n) is 7.72. The average molecular weight is 291 g/mol. The van der Waals surface area contributed by atoms with Gasteiger partial charge in [-0.2, -0.15) is 0 Å². The maximum absolute atomic E-state index is 11.7. The molecule has 116 valence electrons. The number of hydrogen-bond donors (Lipinski definition) is 2. The summed E-state index contributed by atoms with van der Waals surface area (Å²) in [4.78, 5) is 11.7. The molecule has 2 rings (SSSR count). The van der Waals surface area contributed by atoms with Crippen LogP contribution in [-0.2, 0) is 11.2 Å². The van der Waals surface area contributed by atoms with Gasteiger partial charge in [-0.3, -0.25) is 10.1 Å². The summed E-state index contributed by atoms with van der Waals surface area (Å²) in [5.41, 5.74) is 0.321. The highest BCUT2D eigenvalue weighted by atomic mass is 16.5. The topological polar surface area (TPSA) is 58.6 Å². The minimum Gasteiger partial charge on any atom is -0.490 e. The number of benzene rings is 1. The van der Waals surface area contributed by atoms with Crippen molar-refractivity contribution in [2.75, 3.05) is 0 Å². The molecule has 4 nitrogen and oxygen atoms in total. The lowest BCUT2D eigenvalue weighted by molar-refractivity contribution is -0.145. The molecule has 0 aromatic heterocycles. The van der Waals surface area contributed by atoms with Crippen LogP contribution in [0, 0.1) is 0 Å². The zero-order valence-corrected chi connectivity index (χ0v) is 13.1. The molecule has 0 amide bonds. The van der Waals surface area contributed by atoms with Gasteiger partial charge < -0.3 is 9.84 Å². The number of carbonyl (C=O) groups is 1. The summed E-state index contributed by atoms with van der Waals surface area (Å²) in [7, 11) is 0. The van der Waals surface area contributed by atoms with Crippen LogP contribution in [0.1, 0.15) is 45.6 Å². The molecule has 2 atom stereocenters. The number of carboxylic acid groups (broad SMARTS) is 1. The van der Waals surface area contributed by atoms with Gasteiger partial charge in [-0.15, -0.1) is 0 Å². The number of aryl methyl sites for hydroxylation is 1. The molecule has 0 bridgehead atoms. The number of aliphatic carboxylic acids is 1. The predicted molar refractivity (Wildman–Crippen MR) is 82.7 cm³/mol. The van der Waals surface area contributed by atoms with E-state index in [1.54, 1.807) is 0 Å². The second-order valence-electron chi connectivity index (χ2n) is 6.13. The number of ether oxygens (including phenoxy) is 1. The number of para-hydroxylation sites is 1. The predicted octanol–water partition coefficient (Wildman–Crippen LogP) is 3.00. The fourth-order valence-electron chi connectivity index (χ4n) is 3.13. The highest BCUT2D eigenvalue weighted by molar-refractivity contribution is 5.79. The smallest absolute Gasteiger partial charge is 0.324 e. The van der Waals surface area contributed by atoms with Crippen LogP contribution in [0.25, 0.3) is 0 Å². The summed E-state index contributed by atoms with van der Waals surface area (Å²) in [6.45, 7) is 6.05. The Morgan fingerprint density at radius 3 is 2.81 bits per heavy atom. The van der Waals surface area contributed by atoms with Gasteiger partial charge in [0.15, 0.2) is 0 Å². The summed E-state index contributed by atoms with van der Waals surface area (Å²) in [6, 6.07) is 8.13. The lowest BCUT2D eigenvalue weighted by atomic mass is 9.96. The number of carboxylic acids is 1. The van der Waals surface area contributed by atoms with Crippen molar-refractivity contribution in [3.63, 3.8) is 0 Å². The van der Waals surface area contributed by atoms with Crippen molar-refractivity contribution in [2.24, 2.45) is 0 Å². The van der Waals surface area contributed by atoms with Gasteiger partial charge in [-0.25, -0.2) is 0 Å². The molecule has 0 radical (unpaired) electrons. The van der Waals surface area contributed by atoms with E-state index >= 15 is 0 Å². The molecule has 2 N–H and O–H groups in total. The Labute approximate surface area is 126 Å². The van der Waals surface area contributed by atoms with E-state index in [1.807, 2.05) is 32.0 Å². The van der Waals surface area contributed by atoms with Crippen LogP contribution in [0.3, 0.4) is 0 Å². The molecule has 0 spiro atoms. The van der Waals surface area contributed by atoms with Crippen LogP contribution in [0.15, 0.2) is 24.3 Å². The molecule has 1 aliphatic carbocycles. The van der Waals surface area contributed by atoms with Crippen LogP contribution < -0.4 is 10.1 Å². The lowest BCUT2D eigenvalue weighted by Crippen LogP contribution is -2.53. The standard InChI is InChI=1S/C17H25NO3/c1-4-13-7-5-6-8-15(13)21-14-9-10-17(11-14,16(19)20)18-12(2)3/h5-8,12,14,18H,4,9-11H2,1-3H3,(H,19,20). The number of nitrogens with one attached hydrogen (secondary N) is 1. The van der Waals surface area contributed by atoms with E-state index in [2.05, 4.69) is 18.3 Å². The monoisotopic (exact) mass is 291 g/mol. The summed E-state index contributed by atoms with van der Waals surface area (Å²) >= 11 is 0. The average Bonchev–Trinajstić information content (AvgIpc) is 2.83. The van der Waals surface area contributed by atoms with Gasteiger partial charge in [0, 0.05) is 12.5 Å². The molecule has 0 aliphatic heterocycles. The molecule has 1 aromatic carbocycles. The molecule has 0 saturated heterocycles. The van der Waals surface area contributed by atoms with Gasteiger partial charge in [-0.05, 0) is 44.7 Å². The van der Waals surface area contributed by atoms with E-state index in [4.69, 9.17) is 4.74 Å². The minimum atomic E-state index is -0.847. The molecule has 2 unspecified atom stereocenters. The molecule has 1 fully saturated rings. The zero-order valence-electron chi connectivity index (χ0n) is 13.1. The van der Waals surface area contributed by atoms with E-state index in [9.17, 15) is 9.90 Å². The Morgan fingerprint density at radius 1 is 1.48 bits per heavy atom. The fraction of sp³-hybridized carbons (Fsp3) is 0.588. The van der Waals surface area contributed by atoms with Gasteiger partial charge >= 0.3 is 5.97 Å². The third-order valence-corrected chi connectivity index (χ3v) is 4.09. The number of rotatable bonds is 6. The maximum Gasteiger partial charge on any atom is 0.324 e. The summed E-state index contributed by atoms with van der Waals surface area (Å²) < 4.78 is 6.08. The summed E-state index contributed by atoms with van der Waals surface area (Å²) in [6.07, 6.45) is 2.76. The van der Waals surface area contributed by atoms with Crippen LogP contribution in [0.4, 0.5) is 0 Å². The van der Waals surface area contributed by atoms with Crippen molar-refractivity contribution in [1.82, 2.24) is 5.32 Å². The van der Waals surface area contributed by atoms with Crippen molar-refractivity contribution in [3.05, 3.63) is 29.8 Å². The lowest BCUT2D eigenvalue weighted by Gasteiger charge is -2.28. The highest BCUT2D eigenvalue weighted by Gasteiger charge is 2.46. The quantitative estimate of drug-likeness (QED) is 0.846. The molecular formula is C17H25NO3. The maximum atomic E-state index is 11.7. The van der Waals surface area contributed by atoms with Gasteiger partial charge in [0.2, 0.25) is 0 Å². The molecule has 1 saturated carbocycles. The van der Waals surface area contributed by atoms with Crippen molar-refractivity contribution < 1.29 is 14.6 Å². The van der Waals surface area contributed by atoms with Crippen molar-refractivity contribution in [1.29, 1.82) is 0 Å². The first-order valence-corrected chi connectivity index (χ1v) is 7.72. The van der Waals surface area contributed by atoms with E-state index in [-0.39, 0.29) is 12.1 Å². The van der Waals surface area contributed by atoms with Gasteiger partial charge in [-0.1, -0.05) is 25.1 Å². The Bertz CT molecular complexity index is 501. The van der Waals surface area contributed by atoms with E-state index in [0.29, 0.717) is 12.8 Å². The van der Waals surface area contributed by atoms with Gasteiger partial charge in [0.25, 0.3) is 0 Å². The third-order valence-electron chi connectivity index (χ3n) is 4.09. The summed E-state index contributed by atoms with van der Waals surface area (Å²) in [5, 5.41) is 12.8. The van der Waals surface area contributed by atoms with Crippen molar-refractivity contribution in [2.45, 2.75) is 64.1 Å². The van der Waals surface area contributed by atoms with Gasteiger partial charge in [0.05, 0.1) is 0 Å². The van der Waals surface area contributed by atoms with Crippen LogP contribution in [0.5, 0.6) is 5.75 Å². The van der Waals surface area contributed by atoms with E-state index in [0.717, 1.165) is 18.6 Å². The van der Waals surface area contributed by atoms with Crippen molar-refractivity contribution in [3.8, 4) is 5.75 Å². The Balaban J connectivity index is 2.09. The first kappa shape index (κ1) is 15.8. The van der Waals surface area contributed by atoms with E-state index < -0.39 is 11.5 Å². The van der Waals surface area contributed by atoms with Crippen LogP contribution in [0.2, 0.25) is 0 Å². The second-order valence-corrected chi connectivity index (χ2v) is 6.13. The Hall–Kier alpha value is -1.55. The molecule has 1 aromatic rings. The normalized spacial score (nSPS) is 25.2.